The minimum atomic E-state index is -0.468. The molecule has 1 atom stereocenters. The van der Waals surface area contributed by atoms with Crippen LogP contribution in [0.4, 0.5) is 0 Å². The minimum Gasteiger partial charge on any atom is 0 e. The van der Waals surface area contributed by atoms with E-state index < -0.39 is 5.60 Å². The Labute approximate surface area is 155 Å². The van der Waals surface area contributed by atoms with Crippen molar-refractivity contribution in [2.24, 2.45) is 5.16 Å². The van der Waals surface area contributed by atoms with Crippen molar-refractivity contribution in [2.75, 3.05) is 0 Å². The molecule has 0 aromatic heterocycles. The zero-order valence-electron chi connectivity index (χ0n) is 11.8. The van der Waals surface area contributed by atoms with E-state index in [9.17, 15) is 0 Å². The molecule has 1 heterocycles. The Bertz CT molecular complexity index is 369. The Hall–Kier alpha value is -1.52. The van der Waals surface area contributed by atoms with Gasteiger partial charge in [-0.25, -0.2) is 0 Å². The van der Waals surface area contributed by atoms with Gasteiger partial charge in [0.25, 0.3) is 0 Å². The average molecular weight is 409 g/mol. The van der Waals surface area contributed by atoms with E-state index in [1.807, 2.05) is 13.8 Å². The summed E-state index contributed by atoms with van der Waals surface area (Å²) in [6.45, 7) is 30.8. The van der Waals surface area contributed by atoms with Crippen molar-refractivity contribution in [2.45, 2.75) is 25.9 Å². The normalized spacial score (nSPS) is 13.3. The first-order valence-electron chi connectivity index (χ1n) is 4.08. The van der Waals surface area contributed by atoms with E-state index in [0.29, 0.717) is 0 Å². The van der Waals surface area contributed by atoms with Gasteiger partial charge >= 0.3 is 67.8 Å². The van der Waals surface area contributed by atoms with Crippen LogP contribution in [-0.4, -0.2) is 11.3 Å². The molecule has 2 radical (unpaired) electrons. The fourth-order valence-corrected chi connectivity index (χ4v) is 0.809. The Morgan fingerprint density at radius 2 is 1.17 bits per heavy atom. The zero-order chi connectivity index (χ0) is 18.9. The van der Waals surface area contributed by atoms with Crippen LogP contribution < -0.4 is 0 Å². The maximum absolute atomic E-state index is 7.50. The first kappa shape index (κ1) is 49.6. The van der Waals surface area contributed by atoms with Crippen LogP contribution in [0.3, 0.4) is 0 Å². The summed E-state index contributed by atoms with van der Waals surface area (Å²) in [7, 11) is 0. The van der Waals surface area contributed by atoms with Crippen molar-refractivity contribution in [3.63, 3.8) is 0 Å². The fourth-order valence-electron chi connectivity index (χ4n) is 0.809. The fraction of sp³-hybridized carbons (Fsp3) is 0.308. The summed E-state index contributed by atoms with van der Waals surface area (Å²) < 4.78 is 45.0. The van der Waals surface area contributed by atoms with E-state index in [-0.39, 0.29) is 33.6 Å². The molecule has 0 saturated heterocycles. The molecule has 1 rings (SSSR count). The maximum Gasteiger partial charge on any atom is 0 e. The summed E-state index contributed by atoms with van der Waals surface area (Å²) in [4.78, 5) is 4.95. The molecule has 0 aromatic rings. The van der Waals surface area contributed by atoms with Crippen molar-refractivity contribution in [1.82, 2.24) is 0 Å². The van der Waals surface area contributed by atoms with Gasteiger partial charge in [0, 0.05) is 40.0 Å². The van der Waals surface area contributed by atoms with Gasteiger partial charge in [0.15, 0.2) is 5.60 Å². The third-order valence-electron chi connectivity index (χ3n) is 1.30. The van der Waals surface area contributed by atoms with E-state index in [4.69, 9.17) is 39.2 Å². The predicted octanol–water partition coefficient (Wildman–Crippen LogP) is 0.944. The van der Waals surface area contributed by atoms with Crippen LogP contribution in [0.15, 0.2) is 5.16 Å². The second kappa shape index (κ2) is 59.0. The second-order valence-electron chi connectivity index (χ2n) is 2.47. The third kappa shape index (κ3) is 44.9. The van der Waals surface area contributed by atoms with E-state index >= 15 is 0 Å². The Morgan fingerprint density at radius 1 is 0.913 bits per heavy atom. The first-order chi connectivity index (χ1) is 10.2. The van der Waals surface area contributed by atoms with Crippen LogP contribution in [0.25, 0.3) is 0 Å². The quantitative estimate of drug-likeness (QED) is 0.328. The summed E-state index contributed by atoms with van der Waals surface area (Å²) in [6, 6.07) is 0. The van der Waals surface area contributed by atoms with E-state index in [2.05, 4.69) is 51.0 Å². The van der Waals surface area contributed by atoms with E-state index in [1.54, 1.807) is 0 Å². The molecule has 1 aliphatic rings. The molecule has 0 fully saturated rings. The topological polar surface area (TPSA) is 141 Å². The van der Waals surface area contributed by atoms with Gasteiger partial charge in [-0.1, -0.05) is 11.1 Å². The molecule has 0 aliphatic carbocycles. The molecule has 1 unspecified atom stereocenters. The van der Waals surface area contributed by atoms with Gasteiger partial charge < -0.3 is 4.84 Å². The van der Waals surface area contributed by atoms with E-state index in [0.717, 1.165) is 12.1 Å². The minimum absolute atomic E-state index is 0. The van der Waals surface area contributed by atoms with Gasteiger partial charge in [0.05, 0.1) is 5.71 Å². The standard InChI is InChI=1S/C7H9NO.6CO.2Co/c1-4-7(3)5-6(2)8-9-7;6*1-2;;/h1H,5H2,2-3H3;;;;;;;;. The smallest absolute Gasteiger partial charge is 0 e. The number of hydrogen-bond donors (Lipinski definition) is 0. The summed E-state index contributed by atoms with van der Waals surface area (Å²) in [5, 5.41) is 3.73. The van der Waals surface area contributed by atoms with Crippen LogP contribution in [-0.2, 0) is 66.3 Å². The van der Waals surface area contributed by atoms with Gasteiger partial charge in [0.1, 0.15) is 0 Å². The number of oxime groups is 1. The monoisotopic (exact) mass is 409 g/mol. The van der Waals surface area contributed by atoms with Gasteiger partial charge in [-0.2, -0.15) is 0 Å². The Kier molecular flexibility index (Phi) is 127. The van der Waals surface area contributed by atoms with Crippen molar-refractivity contribution >= 4 is 5.71 Å². The molecule has 0 spiro atoms. The molecule has 8 nitrogen and oxygen atoms in total. The van der Waals surface area contributed by atoms with Gasteiger partial charge in [-0.05, 0) is 13.8 Å². The van der Waals surface area contributed by atoms with Crippen LogP contribution in [0.5, 0.6) is 0 Å². The molecular weight excluding hydrogens is 400 g/mol. The van der Waals surface area contributed by atoms with Crippen molar-refractivity contribution in [1.29, 1.82) is 0 Å². The van der Waals surface area contributed by atoms with Gasteiger partial charge in [-0.3, -0.25) is 0 Å². The SMILES string of the molecule is C#CC1(C)CC(C)=NO1.[C-]#[O+].[C-]#[O+].[C-]#[O+].[C-]#[O+].[C-]#[O+].[C-]#[O+].[Co].[Co]. The molecular formula is C13H9Co2NO7. The molecule has 0 saturated carbocycles. The molecule has 0 bridgehead atoms. The number of nitrogens with zero attached hydrogens (tertiary/aromatic N) is 1. The van der Waals surface area contributed by atoms with Crippen LogP contribution in [0.2, 0.25) is 0 Å². The van der Waals surface area contributed by atoms with Crippen LogP contribution >= 0.6 is 0 Å². The summed E-state index contributed by atoms with van der Waals surface area (Å²) >= 11 is 0. The number of terminal acetylenes is 1. The predicted molar refractivity (Wildman–Crippen MR) is 59.6 cm³/mol. The molecule has 0 amide bonds. The van der Waals surface area contributed by atoms with Crippen LogP contribution in [0, 0.1) is 52.2 Å². The van der Waals surface area contributed by atoms with Crippen molar-refractivity contribution < 1.29 is 66.3 Å². The number of rotatable bonds is 0. The van der Waals surface area contributed by atoms with Gasteiger partial charge in [-0.15, -0.1) is 6.42 Å². The van der Waals surface area contributed by atoms with Gasteiger partial charge in [0.2, 0.25) is 0 Å². The molecule has 0 N–H and O–H groups in total. The molecule has 1 aliphatic heterocycles. The number of hydrogen-bond acceptors (Lipinski definition) is 2. The summed E-state index contributed by atoms with van der Waals surface area (Å²) in [6.07, 6.45) is 5.94. The first-order valence-corrected chi connectivity index (χ1v) is 4.08. The van der Waals surface area contributed by atoms with Crippen molar-refractivity contribution in [3.8, 4) is 12.3 Å². The third-order valence-corrected chi connectivity index (χ3v) is 1.30. The van der Waals surface area contributed by atoms with E-state index in [1.165, 1.54) is 0 Å². The zero-order valence-corrected chi connectivity index (χ0v) is 13.8. The molecule has 10 heteroatoms. The summed E-state index contributed by atoms with van der Waals surface area (Å²) in [5.74, 6) is 2.53. The average Bonchev–Trinajstić information content (AvgIpc) is 2.98. The molecule has 0 aromatic carbocycles. The Balaban J connectivity index is -0.0000000232. The maximum atomic E-state index is 7.50. The second-order valence-corrected chi connectivity index (χ2v) is 2.47. The molecule has 126 valence electrons. The molecule has 23 heavy (non-hydrogen) atoms. The van der Waals surface area contributed by atoms with Crippen LogP contribution in [0.1, 0.15) is 20.3 Å². The largest absolute Gasteiger partial charge is 0 e. The van der Waals surface area contributed by atoms with Crippen molar-refractivity contribution in [3.05, 3.63) is 39.9 Å². The Morgan fingerprint density at radius 3 is 1.26 bits per heavy atom. The summed E-state index contributed by atoms with van der Waals surface area (Å²) in [5.41, 5.74) is 0.500.